The van der Waals surface area contributed by atoms with Crippen molar-refractivity contribution in [1.82, 2.24) is 0 Å². The van der Waals surface area contributed by atoms with Gasteiger partial charge in [0.2, 0.25) is 0 Å². The molecule has 0 aliphatic rings. The lowest BCUT2D eigenvalue weighted by Crippen LogP contribution is -2.12. The van der Waals surface area contributed by atoms with Gasteiger partial charge in [0.05, 0.1) is 4.47 Å². The van der Waals surface area contributed by atoms with Gasteiger partial charge in [0.15, 0.2) is 0 Å². The van der Waals surface area contributed by atoms with Crippen LogP contribution >= 0.6 is 31.9 Å². The van der Waals surface area contributed by atoms with Crippen LogP contribution in [0.1, 0.15) is 22.8 Å². The van der Waals surface area contributed by atoms with Crippen molar-refractivity contribution < 1.29 is 9.18 Å². The summed E-state index contributed by atoms with van der Waals surface area (Å²) in [6, 6.07) is 9.88. The first-order valence-corrected chi connectivity index (χ1v) is 7.64. The number of carbonyl (C=O) groups excluding carboxylic acids is 1. The summed E-state index contributed by atoms with van der Waals surface area (Å²) in [4.78, 5) is 12.1. The van der Waals surface area contributed by atoms with E-state index in [2.05, 4.69) is 37.2 Å². The van der Waals surface area contributed by atoms with Gasteiger partial charge in [0.1, 0.15) is 5.82 Å². The number of hydrogen-bond acceptors (Lipinski definition) is 1. The summed E-state index contributed by atoms with van der Waals surface area (Å²) in [7, 11) is 0. The summed E-state index contributed by atoms with van der Waals surface area (Å²) in [6.07, 6.45) is 0.858. The minimum Gasteiger partial charge on any atom is -0.322 e. The van der Waals surface area contributed by atoms with Gasteiger partial charge in [0.25, 0.3) is 5.91 Å². The van der Waals surface area contributed by atoms with E-state index >= 15 is 0 Å². The van der Waals surface area contributed by atoms with Crippen LogP contribution < -0.4 is 5.32 Å². The summed E-state index contributed by atoms with van der Waals surface area (Å²) in [5.74, 6) is -0.788. The van der Waals surface area contributed by atoms with Crippen molar-refractivity contribution in [3.8, 4) is 0 Å². The standard InChI is InChI=1S/C15H12Br2FNO/c1-2-9-7-11(4-6-12(9)16)19-15(20)10-3-5-13(17)14(18)8-10/h3-8H,2H2,1H3,(H,19,20). The van der Waals surface area contributed by atoms with Crippen LogP contribution in [0.25, 0.3) is 0 Å². The fourth-order valence-corrected chi connectivity index (χ4v) is 2.54. The first-order valence-electron chi connectivity index (χ1n) is 6.06. The lowest BCUT2D eigenvalue weighted by molar-refractivity contribution is 0.102. The molecule has 2 aromatic rings. The van der Waals surface area contributed by atoms with E-state index in [9.17, 15) is 9.18 Å². The summed E-state index contributed by atoms with van der Waals surface area (Å²) in [5.41, 5.74) is 2.08. The fourth-order valence-electron chi connectivity index (χ4n) is 1.76. The molecule has 2 nitrogen and oxygen atoms in total. The maximum absolute atomic E-state index is 13.4. The quantitative estimate of drug-likeness (QED) is 0.756. The van der Waals surface area contributed by atoms with Crippen molar-refractivity contribution in [1.29, 1.82) is 0 Å². The highest BCUT2D eigenvalue weighted by molar-refractivity contribution is 9.10. The number of hydrogen-bond donors (Lipinski definition) is 1. The van der Waals surface area contributed by atoms with Gasteiger partial charge in [-0.1, -0.05) is 22.9 Å². The van der Waals surface area contributed by atoms with Crippen molar-refractivity contribution in [2.45, 2.75) is 13.3 Å². The van der Waals surface area contributed by atoms with Crippen molar-refractivity contribution in [2.75, 3.05) is 5.32 Å². The Morgan fingerprint density at radius 1 is 1.15 bits per heavy atom. The zero-order valence-corrected chi connectivity index (χ0v) is 13.9. The van der Waals surface area contributed by atoms with Gasteiger partial charge in [0, 0.05) is 15.7 Å². The van der Waals surface area contributed by atoms with Crippen LogP contribution in [0.2, 0.25) is 0 Å². The van der Waals surface area contributed by atoms with Gasteiger partial charge in [-0.25, -0.2) is 4.39 Å². The van der Waals surface area contributed by atoms with Crippen molar-refractivity contribution in [3.63, 3.8) is 0 Å². The van der Waals surface area contributed by atoms with Gasteiger partial charge in [-0.2, -0.15) is 0 Å². The number of nitrogens with one attached hydrogen (secondary N) is 1. The second-order valence-electron chi connectivity index (χ2n) is 4.24. The number of benzene rings is 2. The van der Waals surface area contributed by atoms with Gasteiger partial charge in [-0.3, -0.25) is 4.79 Å². The van der Waals surface area contributed by atoms with Crippen LogP contribution in [0.5, 0.6) is 0 Å². The monoisotopic (exact) mass is 399 g/mol. The predicted octanol–water partition coefficient (Wildman–Crippen LogP) is 5.17. The molecule has 0 aliphatic carbocycles. The molecule has 20 heavy (non-hydrogen) atoms. The molecular weight excluding hydrogens is 389 g/mol. The highest BCUT2D eigenvalue weighted by atomic mass is 79.9. The van der Waals surface area contributed by atoms with Crippen molar-refractivity contribution in [3.05, 3.63) is 62.3 Å². The number of carbonyl (C=O) groups is 1. The Morgan fingerprint density at radius 3 is 2.50 bits per heavy atom. The predicted molar refractivity (Wildman–Crippen MR) is 85.6 cm³/mol. The molecule has 0 saturated carbocycles. The van der Waals surface area contributed by atoms with Gasteiger partial charge < -0.3 is 5.32 Å². The van der Waals surface area contributed by atoms with E-state index in [-0.39, 0.29) is 11.5 Å². The van der Waals surface area contributed by atoms with Crippen LogP contribution in [-0.4, -0.2) is 5.91 Å². The zero-order valence-electron chi connectivity index (χ0n) is 10.7. The average molecular weight is 401 g/mol. The highest BCUT2D eigenvalue weighted by Crippen LogP contribution is 2.22. The highest BCUT2D eigenvalue weighted by Gasteiger charge is 2.09. The third kappa shape index (κ3) is 3.46. The Bertz CT molecular complexity index is 658. The third-order valence-corrected chi connectivity index (χ3v) is 4.28. The second kappa shape index (κ2) is 6.50. The fraction of sp³-hybridized carbons (Fsp3) is 0.133. The van der Waals surface area contributed by atoms with Crippen LogP contribution in [0.15, 0.2) is 45.3 Å². The first-order chi connectivity index (χ1) is 9.51. The van der Waals surface area contributed by atoms with E-state index in [1.54, 1.807) is 12.1 Å². The molecule has 2 rings (SSSR count). The van der Waals surface area contributed by atoms with Crippen LogP contribution in [0.4, 0.5) is 10.1 Å². The molecular formula is C15H12Br2FNO. The summed E-state index contributed by atoms with van der Waals surface area (Å²) < 4.78 is 14.8. The van der Waals surface area contributed by atoms with E-state index in [4.69, 9.17) is 0 Å². The Balaban J connectivity index is 2.21. The molecule has 2 aromatic carbocycles. The minimum atomic E-state index is -0.456. The number of amides is 1. The molecule has 104 valence electrons. The number of aryl methyl sites for hydroxylation is 1. The molecule has 1 N–H and O–H groups in total. The molecule has 0 heterocycles. The van der Waals surface area contributed by atoms with E-state index in [0.29, 0.717) is 10.2 Å². The first kappa shape index (κ1) is 15.2. The molecule has 0 bridgehead atoms. The zero-order chi connectivity index (χ0) is 14.7. The molecule has 0 fully saturated rings. The number of halogens is 3. The Labute approximate surface area is 133 Å². The maximum atomic E-state index is 13.4. The van der Waals surface area contributed by atoms with Crippen molar-refractivity contribution >= 4 is 43.5 Å². The molecule has 0 atom stereocenters. The molecule has 0 aliphatic heterocycles. The second-order valence-corrected chi connectivity index (χ2v) is 5.95. The van der Waals surface area contributed by atoms with E-state index in [1.165, 1.54) is 12.1 Å². The smallest absolute Gasteiger partial charge is 0.255 e. The number of rotatable bonds is 3. The average Bonchev–Trinajstić information content (AvgIpc) is 2.43. The molecule has 0 radical (unpaired) electrons. The van der Waals surface area contributed by atoms with Crippen LogP contribution in [0, 0.1) is 5.82 Å². The SMILES string of the molecule is CCc1cc(NC(=O)c2ccc(Br)c(F)c2)ccc1Br. The van der Waals surface area contributed by atoms with E-state index in [1.807, 2.05) is 19.1 Å². The van der Waals surface area contributed by atoms with E-state index in [0.717, 1.165) is 16.5 Å². The van der Waals surface area contributed by atoms with Gasteiger partial charge in [-0.05, 0) is 64.3 Å². The summed E-state index contributed by atoms with van der Waals surface area (Å²) in [6.45, 7) is 2.04. The van der Waals surface area contributed by atoms with Gasteiger partial charge >= 0.3 is 0 Å². The topological polar surface area (TPSA) is 29.1 Å². The molecule has 1 amide bonds. The lowest BCUT2D eigenvalue weighted by atomic mass is 10.1. The van der Waals surface area contributed by atoms with Crippen molar-refractivity contribution in [2.24, 2.45) is 0 Å². The third-order valence-electron chi connectivity index (χ3n) is 2.87. The molecule has 0 spiro atoms. The summed E-state index contributed by atoms with van der Waals surface area (Å²) in [5, 5.41) is 2.77. The molecule has 0 unspecified atom stereocenters. The normalized spacial score (nSPS) is 10.4. The molecule has 5 heteroatoms. The number of anilines is 1. The Kier molecular flexibility index (Phi) is 4.94. The maximum Gasteiger partial charge on any atom is 0.255 e. The Morgan fingerprint density at radius 2 is 1.85 bits per heavy atom. The molecule has 0 saturated heterocycles. The largest absolute Gasteiger partial charge is 0.322 e. The lowest BCUT2D eigenvalue weighted by Gasteiger charge is -2.08. The van der Waals surface area contributed by atoms with Gasteiger partial charge in [-0.15, -0.1) is 0 Å². The molecule has 0 aromatic heterocycles. The van der Waals surface area contributed by atoms with E-state index < -0.39 is 5.82 Å². The Hall–Kier alpha value is -1.20. The minimum absolute atomic E-state index is 0.284. The van der Waals surface area contributed by atoms with Crippen LogP contribution in [-0.2, 0) is 6.42 Å². The van der Waals surface area contributed by atoms with Crippen LogP contribution in [0.3, 0.4) is 0 Å². The summed E-state index contributed by atoms with van der Waals surface area (Å²) >= 11 is 6.51.